The third-order valence-electron chi connectivity index (χ3n) is 6.10. The largest absolute Gasteiger partial charge is 0.360 e. The fourth-order valence-corrected chi connectivity index (χ4v) is 5.17. The first kappa shape index (κ1) is 26.2. The molecular weight excluding hydrogens is 462 g/mol. The first-order chi connectivity index (χ1) is 16.9. The van der Waals surface area contributed by atoms with Crippen LogP contribution in [-0.2, 0) is 17.8 Å². The highest BCUT2D eigenvalue weighted by Crippen LogP contribution is 2.16. The summed E-state index contributed by atoms with van der Waals surface area (Å²) in [7, 11) is 4.27. The average Bonchev–Trinajstić information content (AvgIpc) is 3.45. The standard InChI is InChI=1S/C25H31N7O2S/c1-4-32-24(34)22(35-25(32)21(15-27)23(33)28-11-10-26)16-29-19-7-5-6-18(14-19)8-12-31-13-9-20(17-31)30(2)3/h5-7,14,16,20,29H,4,8-9,11-13,17H2,1-3H3,(H,28,33). The molecule has 1 aliphatic rings. The van der Waals surface area contributed by atoms with Gasteiger partial charge < -0.3 is 20.4 Å². The fraction of sp³-hybridized carbons (Fsp3) is 0.440. The molecule has 1 fully saturated rings. The van der Waals surface area contributed by atoms with Crippen LogP contribution in [0.2, 0.25) is 0 Å². The average molecular weight is 494 g/mol. The highest BCUT2D eigenvalue weighted by atomic mass is 32.1. The van der Waals surface area contributed by atoms with Crippen molar-refractivity contribution in [1.82, 2.24) is 19.7 Å². The van der Waals surface area contributed by atoms with Crippen molar-refractivity contribution >= 4 is 34.7 Å². The van der Waals surface area contributed by atoms with E-state index >= 15 is 0 Å². The zero-order chi connectivity index (χ0) is 25.4. The maximum atomic E-state index is 12.9. The molecule has 184 valence electrons. The molecule has 0 spiro atoms. The summed E-state index contributed by atoms with van der Waals surface area (Å²) in [6, 6.07) is 12.4. The number of amides is 1. The molecule has 0 aliphatic carbocycles. The summed E-state index contributed by atoms with van der Waals surface area (Å²) in [6.45, 7) is 5.11. The molecule has 3 rings (SSSR count). The zero-order valence-electron chi connectivity index (χ0n) is 20.4. The van der Waals surface area contributed by atoms with Crippen molar-refractivity contribution in [1.29, 1.82) is 10.5 Å². The Labute approximate surface area is 209 Å². The number of rotatable bonds is 9. The number of hydrogen-bond acceptors (Lipinski definition) is 8. The number of aromatic nitrogens is 1. The van der Waals surface area contributed by atoms with Crippen LogP contribution in [0.1, 0.15) is 18.9 Å². The zero-order valence-corrected chi connectivity index (χ0v) is 21.2. The van der Waals surface area contributed by atoms with E-state index in [2.05, 4.69) is 46.7 Å². The van der Waals surface area contributed by atoms with Gasteiger partial charge in [0.15, 0.2) is 5.57 Å². The van der Waals surface area contributed by atoms with E-state index < -0.39 is 5.91 Å². The van der Waals surface area contributed by atoms with Gasteiger partial charge >= 0.3 is 0 Å². The summed E-state index contributed by atoms with van der Waals surface area (Å²) in [5.74, 6) is -0.667. The Morgan fingerprint density at radius 2 is 2.14 bits per heavy atom. The van der Waals surface area contributed by atoms with Crippen LogP contribution in [-0.4, -0.2) is 66.6 Å². The topological polar surface area (TPSA) is 117 Å². The van der Waals surface area contributed by atoms with Gasteiger partial charge in [0.1, 0.15) is 21.8 Å². The molecule has 1 aliphatic heterocycles. The molecule has 2 heterocycles. The van der Waals surface area contributed by atoms with Crippen molar-refractivity contribution in [3.63, 3.8) is 0 Å². The summed E-state index contributed by atoms with van der Waals surface area (Å²) in [5, 5.41) is 23.7. The Bertz CT molecular complexity index is 1310. The molecular formula is C25H31N7O2S. The van der Waals surface area contributed by atoms with Gasteiger partial charge in [-0.1, -0.05) is 12.1 Å². The molecule has 10 heteroatoms. The highest BCUT2D eigenvalue weighted by Gasteiger charge is 2.23. The summed E-state index contributed by atoms with van der Waals surface area (Å²) in [5.41, 5.74) is 1.62. The molecule has 1 unspecified atom stereocenters. The Morgan fingerprint density at radius 1 is 1.34 bits per heavy atom. The number of hydrogen-bond donors (Lipinski definition) is 2. The quantitative estimate of drug-likeness (QED) is 0.482. The molecule has 35 heavy (non-hydrogen) atoms. The van der Waals surface area contributed by atoms with E-state index in [4.69, 9.17) is 5.26 Å². The Hall–Kier alpha value is -3.44. The van der Waals surface area contributed by atoms with Crippen LogP contribution >= 0.6 is 11.3 Å². The third kappa shape index (κ3) is 6.58. The lowest BCUT2D eigenvalue weighted by Crippen LogP contribution is -2.34. The number of carbonyl (C=O) groups is 1. The smallest absolute Gasteiger partial charge is 0.270 e. The highest BCUT2D eigenvalue weighted by molar-refractivity contribution is 7.07. The summed E-state index contributed by atoms with van der Waals surface area (Å²) >= 11 is 1.08. The van der Waals surface area contributed by atoms with Crippen molar-refractivity contribution in [3.05, 3.63) is 49.4 Å². The van der Waals surface area contributed by atoms with Crippen LogP contribution in [0.3, 0.4) is 0 Å². The second kappa shape index (κ2) is 12.3. The summed E-state index contributed by atoms with van der Waals surface area (Å²) in [4.78, 5) is 29.9. The molecule has 0 radical (unpaired) electrons. The molecule has 0 saturated carbocycles. The molecule has 9 nitrogen and oxygen atoms in total. The minimum absolute atomic E-state index is 0.177. The lowest BCUT2D eigenvalue weighted by atomic mass is 10.1. The number of carbonyl (C=O) groups excluding carboxylic acids is 1. The normalized spacial score (nSPS) is 17.2. The van der Waals surface area contributed by atoms with Gasteiger partial charge in [-0.3, -0.25) is 14.2 Å². The number of anilines is 1. The monoisotopic (exact) mass is 493 g/mol. The summed E-state index contributed by atoms with van der Waals surface area (Å²) in [6.07, 6.45) is 3.76. The molecule has 0 bridgehead atoms. The number of likely N-dealkylation sites (tertiary alicyclic amines) is 1. The SMILES string of the molecule is CCn1c(=C(C#N)C(=O)NCC#N)sc(=CNc2cccc(CCN3CCC(N(C)C)C3)c2)c1=O. The van der Waals surface area contributed by atoms with Gasteiger partial charge in [-0.15, -0.1) is 11.3 Å². The third-order valence-corrected chi connectivity index (χ3v) is 7.23. The van der Waals surface area contributed by atoms with Crippen molar-refractivity contribution in [3.8, 4) is 12.1 Å². The number of nitrogens with zero attached hydrogens (tertiary/aromatic N) is 5. The van der Waals surface area contributed by atoms with Gasteiger partial charge in [0.2, 0.25) is 0 Å². The molecule has 2 aromatic rings. The first-order valence-corrected chi connectivity index (χ1v) is 12.4. The first-order valence-electron chi connectivity index (χ1n) is 11.6. The van der Waals surface area contributed by atoms with E-state index in [1.807, 2.05) is 24.3 Å². The maximum Gasteiger partial charge on any atom is 0.270 e. The van der Waals surface area contributed by atoms with Crippen LogP contribution in [0.4, 0.5) is 5.69 Å². The molecule has 1 amide bonds. The molecule has 2 N–H and O–H groups in total. The van der Waals surface area contributed by atoms with Gasteiger partial charge in [0, 0.05) is 37.6 Å². The van der Waals surface area contributed by atoms with Crippen LogP contribution in [0.25, 0.3) is 11.8 Å². The molecule has 1 saturated heterocycles. The van der Waals surface area contributed by atoms with Gasteiger partial charge in [-0.2, -0.15) is 10.5 Å². The Kier molecular flexibility index (Phi) is 9.21. The van der Waals surface area contributed by atoms with Crippen molar-refractivity contribution in [2.45, 2.75) is 32.4 Å². The second-order valence-corrected chi connectivity index (χ2v) is 9.62. The maximum absolute atomic E-state index is 12.9. The number of thiazole rings is 1. The van der Waals surface area contributed by atoms with Crippen molar-refractivity contribution in [2.75, 3.05) is 45.6 Å². The van der Waals surface area contributed by atoms with Crippen LogP contribution < -0.4 is 25.4 Å². The lowest BCUT2D eigenvalue weighted by Gasteiger charge is -2.20. The van der Waals surface area contributed by atoms with Crippen LogP contribution in [0.15, 0.2) is 29.1 Å². The summed E-state index contributed by atoms with van der Waals surface area (Å²) < 4.78 is 2.06. The van der Waals surface area contributed by atoms with Gasteiger partial charge in [-0.05, 0) is 58.1 Å². The van der Waals surface area contributed by atoms with E-state index in [1.54, 1.807) is 13.1 Å². The van der Waals surface area contributed by atoms with Crippen molar-refractivity contribution < 1.29 is 4.79 Å². The van der Waals surface area contributed by atoms with Gasteiger partial charge in [-0.25, -0.2) is 0 Å². The van der Waals surface area contributed by atoms with Crippen molar-refractivity contribution in [2.24, 2.45) is 0 Å². The van der Waals surface area contributed by atoms with E-state index in [9.17, 15) is 14.9 Å². The van der Waals surface area contributed by atoms with Gasteiger partial charge in [0.05, 0.1) is 6.07 Å². The number of likely N-dealkylation sites (N-methyl/N-ethyl adjacent to an activating group) is 1. The fourth-order valence-electron chi connectivity index (χ4n) is 4.09. The van der Waals surface area contributed by atoms with Crippen LogP contribution in [0.5, 0.6) is 0 Å². The molecule has 1 atom stereocenters. The molecule has 1 aromatic carbocycles. The van der Waals surface area contributed by atoms with E-state index in [-0.39, 0.29) is 22.3 Å². The number of nitriles is 2. The van der Waals surface area contributed by atoms with E-state index in [0.717, 1.165) is 43.1 Å². The minimum atomic E-state index is -0.667. The van der Waals surface area contributed by atoms with Gasteiger partial charge in [0.25, 0.3) is 11.5 Å². The van der Waals surface area contributed by atoms with E-state index in [0.29, 0.717) is 17.1 Å². The predicted octanol–water partition coefficient (Wildman–Crippen LogP) is 0.272. The number of nitrogens with one attached hydrogen (secondary N) is 2. The molecule has 1 aromatic heterocycles. The van der Waals surface area contributed by atoms with Crippen LogP contribution in [0, 0.1) is 22.7 Å². The Morgan fingerprint density at radius 3 is 2.80 bits per heavy atom. The Balaban J connectivity index is 1.78. The minimum Gasteiger partial charge on any atom is -0.360 e. The van der Waals surface area contributed by atoms with E-state index in [1.165, 1.54) is 16.6 Å². The predicted molar refractivity (Wildman–Crippen MR) is 138 cm³/mol. The number of benzene rings is 1. The second-order valence-electron chi connectivity index (χ2n) is 8.59. The lowest BCUT2D eigenvalue weighted by molar-refractivity contribution is -0.115.